The average molecular weight is 339 g/mol. The van der Waals surface area contributed by atoms with Gasteiger partial charge in [0.05, 0.1) is 37.6 Å². The Hall–Kier alpha value is -1.06. The summed E-state index contributed by atoms with van der Waals surface area (Å²) >= 11 is 0. The molecule has 1 aromatic heterocycles. The van der Waals surface area contributed by atoms with Crippen LogP contribution in [0.4, 0.5) is 0 Å². The molecule has 0 bridgehead atoms. The minimum atomic E-state index is -0.354. The van der Waals surface area contributed by atoms with E-state index in [0.29, 0.717) is 26.2 Å². The van der Waals surface area contributed by atoms with Crippen molar-refractivity contribution >= 4 is 0 Å². The lowest BCUT2D eigenvalue weighted by atomic mass is 10.2. The fourth-order valence-corrected chi connectivity index (χ4v) is 3.68. The molecule has 24 heavy (non-hydrogen) atoms. The Kier molecular flexibility index (Phi) is 6.18. The molecule has 0 saturated carbocycles. The molecule has 2 aliphatic heterocycles. The summed E-state index contributed by atoms with van der Waals surface area (Å²) in [6.45, 7) is 10.4. The van der Waals surface area contributed by atoms with Crippen LogP contribution in [-0.2, 0) is 16.0 Å². The molecule has 2 aliphatic rings. The van der Waals surface area contributed by atoms with Crippen LogP contribution in [-0.4, -0.2) is 100.0 Å². The SMILES string of the molecule is C[C@@H]1CN(C[C@H](O)CN2CCO[C@@H](Cn3cncn3)C2)C[C@H](C)O1. The minimum Gasteiger partial charge on any atom is -0.390 e. The molecule has 2 saturated heterocycles. The van der Waals surface area contributed by atoms with E-state index >= 15 is 0 Å². The number of aliphatic hydroxyl groups excluding tert-OH is 1. The van der Waals surface area contributed by atoms with Crippen molar-refractivity contribution in [1.82, 2.24) is 24.6 Å². The van der Waals surface area contributed by atoms with Gasteiger partial charge in [0.2, 0.25) is 0 Å². The van der Waals surface area contributed by atoms with E-state index in [2.05, 4.69) is 33.7 Å². The molecule has 136 valence electrons. The van der Waals surface area contributed by atoms with Gasteiger partial charge in [0, 0.05) is 39.3 Å². The second-order valence-electron chi connectivity index (χ2n) is 7.00. The summed E-state index contributed by atoms with van der Waals surface area (Å²) in [5, 5.41) is 14.6. The van der Waals surface area contributed by atoms with E-state index in [4.69, 9.17) is 9.47 Å². The lowest BCUT2D eigenvalue weighted by Gasteiger charge is -2.38. The quantitative estimate of drug-likeness (QED) is 0.745. The minimum absolute atomic E-state index is 0.0936. The molecule has 1 aromatic rings. The molecule has 0 aromatic carbocycles. The van der Waals surface area contributed by atoms with Gasteiger partial charge in [0.25, 0.3) is 0 Å². The lowest BCUT2D eigenvalue weighted by molar-refractivity contribution is -0.0831. The molecule has 1 N–H and O–H groups in total. The summed E-state index contributed by atoms with van der Waals surface area (Å²) < 4.78 is 13.3. The number of hydrogen-bond acceptors (Lipinski definition) is 7. The standard InChI is InChI=1S/C16H29N5O3/c1-13-5-20(6-14(2)24-13)8-15(22)7-19-3-4-23-16(9-19)10-21-12-17-11-18-21/h11-16,22H,3-10H2,1-2H3/t13-,14+,15-,16-/m1/s1. The van der Waals surface area contributed by atoms with E-state index in [1.165, 1.54) is 6.33 Å². The molecule has 4 atom stereocenters. The van der Waals surface area contributed by atoms with Gasteiger partial charge in [0.1, 0.15) is 12.7 Å². The maximum absolute atomic E-state index is 10.5. The van der Waals surface area contributed by atoms with Gasteiger partial charge in [0.15, 0.2) is 0 Å². The second-order valence-corrected chi connectivity index (χ2v) is 7.00. The highest BCUT2D eigenvalue weighted by Gasteiger charge is 2.26. The van der Waals surface area contributed by atoms with E-state index in [-0.39, 0.29) is 24.4 Å². The highest BCUT2D eigenvalue weighted by atomic mass is 16.5. The van der Waals surface area contributed by atoms with E-state index in [0.717, 1.165) is 26.2 Å². The highest BCUT2D eigenvalue weighted by Crippen LogP contribution is 2.12. The predicted octanol–water partition coefficient (Wildman–Crippen LogP) is -0.551. The van der Waals surface area contributed by atoms with E-state index in [9.17, 15) is 5.11 Å². The Morgan fingerprint density at radius 2 is 1.92 bits per heavy atom. The first-order valence-corrected chi connectivity index (χ1v) is 8.80. The predicted molar refractivity (Wildman–Crippen MR) is 88.7 cm³/mol. The molecule has 0 spiro atoms. The van der Waals surface area contributed by atoms with Crippen LogP contribution in [0.15, 0.2) is 12.7 Å². The Morgan fingerprint density at radius 1 is 1.17 bits per heavy atom. The Morgan fingerprint density at radius 3 is 2.62 bits per heavy atom. The third kappa shape index (κ3) is 5.22. The van der Waals surface area contributed by atoms with Gasteiger partial charge in [-0.15, -0.1) is 0 Å². The van der Waals surface area contributed by atoms with Crippen LogP contribution >= 0.6 is 0 Å². The van der Waals surface area contributed by atoms with Crippen molar-refractivity contribution in [1.29, 1.82) is 0 Å². The second kappa shape index (κ2) is 8.35. The number of aliphatic hydroxyl groups is 1. The van der Waals surface area contributed by atoms with Crippen molar-refractivity contribution < 1.29 is 14.6 Å². The maximum Gasteiger partial charge on any atom is 0.137 e. The summed E-state index contributed by atoms with van der Waals surface area (Å²) in [5.41, 5.74) is 0. The van der Waals surface area contributed by atoms with Crippen LogP contribution in [0.25, 0.3) is 0 Å². The van der Waals surface area contributed by atoms with Gasteiger partial charge in [-0.3, -0.25) is 14.5 Å². The molecule has 0 radical (unpaired) electrons. The number of morpholine rings is 2. The maximum atomic E-state index is 10.5. The van der Waals surface area contributed by atoms with Crippen molar-refractivity contribution in [3.63, 3.8) is 0 Å². The highest BCUT2D eigenvalue weighted by molar-refractivity contribution is 4.79. The number of hydrogen-bond donors (Lipinski definition) is 1. The summed E-state index contributed by atoms with van der Waals surface area (Å²) in [6.07, 6.45) is 3.45. The van der Waals surface area contributed by atoms with Gasteiger partial charge in [-0.2, -0.15) is 5.10 Å². The molecule has 0 aliphatic carbocycles. The van der Waals surface area contributed by atoms with Gasteiger partial charge in [-0.1, -0.05) is 0 Å². The molecular formula is C16H29N5O3. The zero-order chi connectivity index (χ0) is 16.9. The van der Waals surface area contributed by atoms with Crippen LogP contribution in [0.1, 0.15) is 13.8 Å². The van der Waals surface area contributed by atoms with E-state index in [1.54, 1.807) is 11.0 Å². The Bertz CT molecular complexity index is 476. The zero-order valence-corrected chi connectivity index (χ0v) is 14.6. The van der Waals surface area contributed by atoms with Gasteiger partial charge < -0.3 is 14.6 Å². The van der Waals surface area contributed by atoms with E-state index in [1.807, 2.05) is 0 Å². The summed E-state index contributed by atoms with van der Waals surface area (Å²) in [5.74, 6) is 0. The number of nitrogens with zero attached hydrogens (tertiary/aromatic N) is 5. The fourth-order valence-electron chi connectivity index (χ4n) is 3.68. The molecule has 3 heterocycles. The normalized spacial score (nSPS) is 31.2. The number of β-amino-alcohol motifs (C(OH)–C–C–N with tert-alkyl or cyclic N) is 1. The van der Waals surface area contributed by atoms with Crippen molar-refractivity contribution in [3.05, 3.63) is 12.7 Å². The third-order valence-corrected chi connectivity index (χ3v) is 4.51. The summed E-state index contributed by atoms with van der Waals surface area (Å²) in [6, 6.07) is 0. The van der Waals surface area contributed by atoms with Crippen molar-refractivity contribution in [2.45, 2.75) is 44.8 Å². The van der Waals surface area contributed by atoms with Crippen LogP contribution in [0.3, 0.4) is 0 Å². The largest absolute Gasteiger partial charge is 0.390 e. The van der Waals surface area contributed by atoms with E-state index < -0.39 is 0 Å². The van der Waals surface area contributed by atoms with Crippen LogP contribution in [0.2, 0.25) is 0 Å². The van der Waals surface area contributed by atoms with Crippen molar-refractivity contribution in [3.8, 4) is 0 Å². The molecule has 0 amide bonds. The zero-order valence-electron chi connectivity index (χ0n) is 14.6. The number of aromatic nitrogens is 3. The van der Waals surface area contributed by atoms with Crippen molar-refractivity contribution in [2.24, 2.45) is 0 Å². The Balaban J connectivity index is 1.42. The Labute approximate surface area is 143 Å². The topological polar surface area (TPSA) is 75.9 Å². The first-order valence-electron chi connectivity index (χ1n) is 8.80. The lowest BCUT2D eigenvalue weighted by Crippen LogP contribution is -2.51. The van der Waals surface area contributed by atoms with Crippen molar-refractivity contribution in [2.75, 3.05) is 45.9 Å². The molecule has 3 rings (SSSR count). The molecule has 0 unspecified atom stereocenters. The van der Waals surface area contributed by atoms with Gasteiger partial charge >= 0.3 is 0 Å². The number of ether oxygens (including phenoxy) is 2. The van der Waals surface area contributed by atoms with Crippen LogP contribution in [0, 0.1) is 0 Å². The fraction of sp³-hybridized carbons (Fsp3) is 0.875. The van der Waals surface area contributed by atoms with Gasteiger partial charge in [-0.25, -0.2) is 4.98 Å². The molecular weight excluding hydrogens is 310 g/mol. The average Bonchev–Trinajstić information content (AvgIpc) is 2.99. The summed E-state index contributed by atoms with van der Waals surface area (Å²) in [4.78, 5) is 8.54. The first-order chi connectivity index (χ1) is 11.6. The van der Waals surface area contributed by atoms with Crippen LogP contribution in [0.5, 0.6) is 0 Å². The summed E-state index contributed by atoms with van der Waals surface area (Å²) in [7, 11) is 0. The monoisotopic (exact) mass is 339 g/mol. The first kappa shape index (κ1) is 17.8. The molecule has 8 heteroatoms. The smallest absolute Gasteiger partial charge is 0.137 e. The molecule has 2 fully saturated rings. The molecule has 8 nitrogen and oxygen atoms in total. The van der Waals surface area contributed by atoms with Gasteiger partial charge in [-0.05, 0) is 13.8 Å². The third-order valence-electron chi connectivity index (χ3n) is 4.51. The van der Waals surface area contributed by atoms with Crippen LogP contribution < -0.4 is 0 Å². The number of rotatable bonds is 6.